The molecule has 1 unspecified atom stereocenters. The van der Waals surface area contributed by atoms with Crippen LogP contribution in [0.5, 0.6) is 0 Å². The van der Waals surface area contributed by atoms with Gasteiger partial charge in [-0.05, 0) is 50.1 Å². The Hall–Kier alpha value is -1.13. The monoisotopic (exact) mass is 291 g/mol. The second-order valence-corrected chi connectivity index (χ2v) is 6.24. The Balaban J connectivity index is 1.74. The van der Waals surface area contributed by atoms with Crippen LogP contribution in [-0.2, 0) is 0 Å². The van der Waals surface area contributed by atoms with Crippen molar-refractivity contribution in [3.63, 3.8) is 0 Å². The molecule has 0 spiro atoms. The molecule has 2 fully saturated rings. The molecule has 1 heterocycles. The molecule has 1 aromatic carbocycles. The number of piperazine rings is 1. The number of hydrogen-bond donors (Lipinski definition) is 1. The van der Waals surface area contributed by atoms with Crippen molar-refractivity contribution in [1.82, 2.24) is 10.2 Å². The molecule has 1 saturated carbocycles. The van der Waals surface area contributed by atoms with E-state index in [-0.39, 0.29) is 11.9 Å². The topological polar surface area (TPSA) is 18.5 Å². The fourth-order valence-corrected chi connectivity index (χ4v) is 3.34. The summed E-state index contributed by atoms with van der Waals surface area (Å²) < 4.78 is 13.6. The molecule has 0 radical (unpaired) electrons. The lowest BCUT2D eigenvalue weighted by Gasteiger charge is -2.37. The van der Waals surface area contributed by atoms with Gasteiger partial charge in [0.1, 0.15) is 5.82 Å². The van der Waals surface area contributed by atoms with Gasteiger partial charge in [-0.15, -0.1) is 0 Å². The number of hydrogen-bond acceptors (Lipinski definition) is 3. The van der Waals surface area contributed by atoms with E-state index >= 15 is 0 Å². The molecule has 1 atom stereocenters. The summed E-state index contributed by atoms with van der Waals surface area (Å²) in [6.45, 7) is 9.47. The molecule has 0 bridgehead atoms. The van der Waals surface area contributed by atoms with E-state index in [2.05, 4.69) is 29.0 Å². The van der Waals surface area contributed by atoms with E-state index < -0.39 is 0 Å². The Morgan fingerprint density at radius 3 is 2.57 bits per heavy atom. The normalized spacial score (nSPS) is 21.6. The molecule has 1 N–H and O–H groups in total. The van der Waals surface area contributed by atoms with E-state index in [1.807, 2.05) is 6.07 Å². The number of anilines is 1. The number of halogens is 1. The number of nitrogens with zero attached hydrogens (tertiary/aromatic N) is 2. The first-order valence-electron chi connectivity index (χ1n) is 8.21. The zero-order valence-corrected chi connectivity index (χ0v) is 13.1. The highest BCUT2D eigenvalue weighted by Crippen LogP contribution is 2.31. The Kier molecular flexibility index (Phi) is 4.45. The maximum atomic E-state index is 13.6. The molecule has 1 aliphatic carbocycles. The van der Waals surface area contributed by atoms with Crippen molar-refractivity contribution >= 4 is 5.69 Å². The predicted octanol–water partition coefficient (Wildman–Crippen LogP) is 2.78. The quantitative estimate of drug-likeness (QED) is 0.900. The summed E-state index contributed by atoms with van der Waals surface area (Å²) in [6, 6.07) is 6.26. The minimum absolute atomic E-state index is 0.143. The van der Waals surface area contributed by atoms with Crippen LogP contribution < -0.4 is 10.2 Å². The third-order valence-corrected chi connectivity index (χ3v) is 4.68. The van der Waals surface area contributed by atoms with Crippen molar-refractivity contribution < 1.29 is 4.39 Å². The molecule has 1 aliphatic heterocycles. The average molecular weight is 291 g/mol. The SMILES string of the molecule is CCNC(C)c1cc(F)ccc1N1CCN(C2CC2)CC1. The highest BCUT2D eigenvalue weighted by atomic mass is 19.1. The first-order chi connectivity index (χ1) is 10.2. The fourth-order valence-electron chi connectivity index (χ4n) is 3.34. The molecule has 0 amide bonds. The van der Waals surface area contributed by atoms with E-state index in [9.17, 15) is 4.39 Å². The zero-order chi connectivity index (χ0) is 14.8. The molecule has 21 heavy (non-hydrogen) atoms. The first kappa shape index (κ1) is 14.8. The molecule has 3 rings (SSSR count). The third kappa shape index (κ3) is 3.38. The highest BCUT2D eigenvalue weighted by molar-refractivity contribution is 5.55. The van der Waals surface area contributed by atoms with Crippen LogP contribution >= 0.6 is 0 Å². The molecular formula is C17H26FN3. The van der Waals surface area contributed by atoms with Crippen molar-refractivity contribution in [3.05, 3.63) is 29.6 Å². The van der Waals surface area contributed by atoms with E-state index in [4.69, 9.17) is 0 Å². The van der Waals surface area contributed by atoms with Gasteiger partial charge in [0, 0.05) is 44.0 Å². The van der Waals surface area contributed by atoms with Crippen molar-refractivity contribution in [2.75, 3.05) is 37.6 Å². The van der Waals surface area contributed by atoms with Gasteiger partial charge in [-0.25, -0.2) is 4.39 Å². The Morgan fingerprint density at radius 1 is 1.24 bits per heavy atom. The van der Waals surface area contributed by atoms with Gasteiger partial charge >= 0.3 is 0 Å². The summed E-state index contributed by atoms with van der Waals surface area (Å²) >= 11 is 0. The molecule has 116 valence electrons. The summed E-state index contributed by atoms with van der Waals surface area (Å²) in [4.78, 5) is 5.02. The van der Waals surface area contributed by atoms with E-state index in [1.54, 1.807) is 12.1 Å². The Morgan fingerprint density at radius 2 is 1.95 bits per heavy atom. The summed E-state index contributed by atoms with van der Waals surface area (Å²) in [7, 11) is 0. The number of rotatable bonds is 5. The minimum atomic E-state index is -0.143. The molecular weight excluding hydrogens is 265 g/mol. The van der Waals surface area contributed by atoms with E-state index in [0.29, 0.717) is 0 Å². The average Bonchev–Trinajstić information content (AvgIpc) is 3.32. The molecule has 4 heteroatoms. The first-order valence-corrected chi connectivity index (χ1v) is 8.21. The summed E-state index contributed by atoms with van der Waals surface area (Å²) in [5.74, 6) is -0.143. The van der Waals surface area contributed by atoms with Gasteiger partial charge in [-0.1, -0.05) is 6.92 Å². The van der Waals surface area contributed by atoms with Crippen LogP contribution in [0.15, 0.2) is 18.2 Å². The molecule has 2 aliphatic rings. The summed E-state index contributed by atoms with van der Waals surface area (Å²) in [6.07, 6.45) is 2.75. The largest absolute Gasteiger partial charge is 0.369 e. The maximum Gasteiger partial charge on any atom is 0.123 e. The van der Waals surface area contributed by atoms with Crippen LogP contribution in [0.3, 0.4) is 0 Å². The van der Waals surface area contributed by atoms with E-state index in [1.165, 1.54) is 18.5 Å². The smallest absolute Gasteiger partial charge is 0.123 e. The van der Waals surface area contributed by atoms with Crippen molar-refractivity contribution in [2.24, 2.45) is 0 Å². The van der Waals surface area contributed by atoms with Crippen molar-refractivity contribution in [2.45, 2.75) is 38.8 Å². The van der Waals surface area contributed by atoms with Gasteiger partial charge in [0.15, 0.2) is 0 Å². The Bertz CT molecular complexity index is 479. The molecule has 1 saturated heterocycles. The van der Waals surface area contributed by atoms with Crippen LogP contribution in [0.25, 0.3) is 0 Å². The summed E-state index contributed by atoms with van der Waals surface area (Å²) in [5.41, 5.74) is 2.28. The lowest BCUT2D eigenvalue weighted by molar-refractivity contribution is 0.248. The van der Waals surface area contributed by atoms with Gasteiger partial charge in [0.25, 0.3) is 0 Å². The fraction of sp³-hybridized carbons (Fsp3) is 0.647. The van der Waals surface area contributed by atoms with Crippen LogP contribution in [0.4, 0.5) is 10.1 Å². The minimum Gasteiger partial charge on any atom is -0.369 e. The van der Waals surface area contributed by atoms with E-state index in [0.717, 1.165) is 44.3 Å². The summed E-state index contributed by atoms with van der Waals surface area (Å²) in [5, 5.41) is 3.40. The predicted molar refractivity (Wildman–Crippen MR) is 85.3 cm³/mol. The van der Waals surface area contributed by atoms with Crippen molar-refractivity contribution in [1.29, 1.82) is 0 Å². The lowest BCUT2D eigenvalue weighted by atomic mass is 10.0. The van der Waals surface area contributed by atoms with Gasteiger partial charge in [-0.2, -0.15) is 0 Å². The standard InChI is InChI=1S/C17H26FN3/c1-3-19-13(2)16-12-14(18)4-7-17(16)21-10-8-20(9-11-21)15-5-6-15/h4,7,12-13,15,19H,3,5-6,8-11H2,1-2H3. The zero-order valence-electron chi connectivity index (χ0n) is 13.1. The van der Waals surface area contributed by atoms with Crippen molar-refractivity contribution in [3.8, 4) is 0 Å². The van der Waals surface area contributed by atoms with Gasteiger partial charge in [-0.3, -0.25) is 4.90 Å². The van der Waals surface area contributed by atoms with Crippen LogP contribution in [-0.4, -0.2) is 43.7 Å². The second-order valence-electron chi connectivity index (χ2n) is 6.24. The molecule has 3 nitrogen and oxygen atoms in total. The van der Waals surface area contributed by atoms with Crippen LogP contribution in [0.1, 0.15) is 38.3 Å². The lowest BCUT2D eigenvalue weighted by Crippen LogP contribution is -2.47. The van der Waals surface area contributed by atoms with Crippen LogP contribution in [0.2, 0.25) is 0 Å². The number of benzene rings is 1. The van der Waals surface area contributed by atoms with Crippen LogP contribution in [0, 0.1) is 5.82 Å². The highest BCUT2D eigenvalue weighted by Gasteiger charge is 2.31. The molecule has 1 aromatic rings. The van der Waals surface area contributed by atoms with Gasteiger partial charge < -0.3 is 10.2 Å². The number of nitrogens with one attached hydrogen (secondary N) is 1. The second kappa shape index (κ2) is 6.32. The Labute approximate surface area is 127 Å². The molecule has 0 aromatic heterocycles. The van der Waals surface area contributed by atoms with Gasteiger partial charge in [0.2, 0.25) is 0 Å². The maximum absolute atomic E-state index is 13.6. The third-order valence-electron chi connectivity index (χ3n) is 4.68. The van der Waals surface area contributed by atoms with Gasteiger partial charge in [0.05, 0.1) is 0 Å².